The highest BCUT2D eigenvalue weighted by molar-refractivity contribution is 5.75. The van der Waals surface area contributed by atoms with Crippen molar-refractivity contribution in [3.8, 4) is 0 Å². The highest BCUT2D eigenvalue weighted by atomic mass is 16.5. The Morgan fingerprint density at radius 2 is 2.25 bits per heavy atom. The van der Waals surface area contributed by atoms with E-state index in [2.05, 4.69) is 20.5 Å². The van der Waals surface area contributed by atoms with Crippen LogP contribution in [0.5, 0.6) is 0 Å². The van der Waals surface area contributed by atoms with Gasteiger partial charge in [-0.3, -0.25) is 9.69 Å². The van der Waals surface area contributed by atoms with E-state index in [9.17, 15) is 4.79 Å². The second kappa shape index (κ2) is 7.93. The highest BCUT2D eigenvalue weighted by Crippen LogP contribution is 1.97. The molecule has 1 amide bonds. The zero-order valence-corrected chi connectivity index (χ0v) is 11.6. The Morgan fingerprint density at radius 1 is 1.45 bits per heavy atom. The highest BCUT2D eigenvalue weighted by Gasteiger charge is 2.10. The van der Waals surface area contributed by atoms with Gasteiger partial charge in [-0.15, -0.1) is 5.10 Å². The van der Waals surface area contributed by atoms with Gasteiger partial charge in [-0.2, -0.15) is 0 Å². The van der Waals surface area contributed by atoms with E-state index in [1.54, 1.807) is 6.20 Å². The number of hydrogen-bond donors (Lipinski definition) is 2. The van der Waals surface area contributed by atoms with Crippen molar-refractivity contribution in [2.45, 2.75) is 19.5 Å². The summed E-state index contributed by atoms with van der Waals surface area (Å²) < 4.78 is 6.79. The van der Waals surface area contributed by atoms with Crippen molar-refractivity contribution in [2.75, 3.05) is 39.4 Å². The normalized spacial score (nSPS) is 16.2. The summed E-state index contributed by atoms with van der Waals surface area (Å²) in [5.74, 6) is -0.0551. The van der Waals surface area contributed by atoms with Crippen molar-refractivity contribution >= 4 is 5.91 Å². The van der Waals surface area contributed by atoms with E-state index in [-0.39, 0.29) is 12.5 Å². The van der Waals surface area contributed by atoms with Crippen molar-refractivity contribution in [1.29, 1.82) is 0 Å². The molecule has 0 radical (unpaired) electrons. The molecule has 0 unspecified atom stereocenters. The van der Waals surface area contributed by atoms with Crippen LogP contribution < -0.4 is 11.1 Å². The van der Waals surface area contributed by atoms with Crippen LogP contribution in [-0.2, 0) is 22.6 Å². The molecule has 1 saturated heterocycles. The van der Waals surface area contributed by atoms with E-state index in [4.69, 9.17) is 10.5 Å². The molecule has 8 heteroatoms. The third-order valence-electron chi connectivity index (χ3n) is 3.18. The fourth-order valence-electron chi connectivity index (χ4n) is 2.07. The Bertz CT molecular complexity index is 416. The molecule has 3 N–H and O–H groups in total. The lowest BCUT2D eigenvalue weighted by Gasteiger charge is -2.26. The van der Waals surface area contributed by atoms with E-state index in [0.29, 0.717) is 18.8 Å². The summed E-state index contributed by atoms with van der Waals surface area (Å²) >= 11 is 0. The molecule has 0 saturated carbocycles. The maximum absolute atomic E-state index is 11.7. The number of hydrogen-bond acceptors (Lipinski definition) is 6. The topological polar surface area (TPSA) is 98.3 Å². The minimum atomic E-state index is -0.0551. The molecule has 8 nitrogen and oxygen atoms in total. The molecular formula is C12H22N6O2. The Kier molecular flexibility index (Phi) is 5.90. The van der Waals surface area contributed by atoms with Gasteiger partial charge in [-0.25, -0.2) is 4.68 Å². The predicted octanol–water partition coefficient (Wildman–Crippen LogP) is -1.42. The number of nitrogens with one attached hydrogen (secondary N) is 1. The quantitative estimate of drug-likeness (QED) is 0.595. The number of ether oxygens (including phenoxy) is 1. The smallest absolute Gasteiger partial charge is 0.241 e. The number of morpholine rings is 1. The number of aromatic nitrogens is 3. The summed E-state index contributed by atoms with van der Waals surface area (Å²) in [7, 11) is 0. The van der Waals surface area contributed by atoms with Crippen molar-refractivity contribution in [3.05, 3.63) is 11.9 Å². The first-order valence-electron chi connectivity index (χ1n) is 6.94. The van der Waals surface area contributed by atoms with Crippen LogP contribution in [0, 0.1) is 0 Å². The molecule has 0 spiro atoms. The fraction of sp³-hybridized carbons (Fsp3) is 0.750. The van der Waals surface area contributed by atoms with Gasteiger partial charge in [0.15, 0.2) is 0 Å². The maximum Gasteiger partial charge on any atom is 0.241 e. The van der Waals surface area contributed by atoms with Crippen LogP contribution in [0.15, 0.2) is 6.20 Å². The molecule has 1 aliphatic heterocycles. The van der Waals surface area contributed by atoms with Crippen LogP contribution in [-0.4, -0.2) is 65.2 Å². The SMILES string of the molecule is NCc1cn(CC(=O)NCCCN2CCOCC2)nn1. The molecule has 1 aromatic heterocycles. The monoisotopic (exact) mass is 282 g/mol. The van der Waals surface area contributed by atoms with Crippen molar-refractivity contribution in [2.24, 2.45) is 5.73 Å². The van der Waals surface area contributed by atoms with E-state index < -0.39 is 0 Å². The first-order chi connectivity index (χ1) is 9.78. The van der Waals surface area contributed by atoms with Crippen LogP contribution in [0.4, 0.5) is 0 Å². The molecular weight excluding hydrogens is 260 g/mol. The van der Waals surface area contributed by atoms with Gasteiger partial charge in [-0.1, -0.05) is 5.21 Å². The van der Waals surface area contributed by atoms with Gasteiger partial charge in [0.2, 0.25) is 5.91 Å². The molecule has 1 aromatic rings. The van der Waals surface area contributed by atoms with Gasteiger partial charge in [0.25, 0.3) is 0 Å². The summed E-state index contributed by atoms with van der Waals surface area (Å²) in [5.41, 5.74) is 6.12. The second-order valence-electron chi connectivity index (χ2n) is 4.77. The summed E-state index contributed by atoms with van der Waals surface area (Å²) in [5, 5.41) is 10.5. The standard InChI is InChI=1S/C12H22N6O2/c13-8-11-9-18(16-15-11)10-12(19)14-2-1-3-17-4-6-20-7-5-17/h9H,1-8,10,13H2,(H,14,19). The number of carbonyl (C=O) groups excluding carboxylic acids is 1. The number of rotatable bonds is 7. The lowest BCUT2D eigenvalue weighted by molar-refractivity contribution is -0.121. The lowest BCUT2D eigenvalue weighted by atomic mass is 10.3. The molecule has 112 valence electrons. The third-order valence-corrected chi connectivity index (χ3v) is 3.18. The first kappa shape index (κ1) is 14.9. The summed E-state index contributed by atoms with van der Waals surface area (Å²) in [6.07, 6.45) is 2.63. The first-order valence-corrected chi connectivity index (χ1v) is 6.94. The molecule has 0 atom stereocenters. The van der Waals surface area contributed by atoms with Gasteiger partial charge in [0, 0.05) is 26.2 Å². The van der Waals surface area contributed by atoms with Crippen molar-refractivity contribution < 1.29 is 9.53 Å². The largest absolute Gasteiger partial charge is 0.379 e. The molecule has 0 bridgehead atoms. The van der Waals surface area contributed by atoms with E-state index in [1.165, 1.54) is 4.68 Å². The third kappa shape index (κ3) is 4.87. The maximum atomic E-state index is 11.7. The van der Waals surface area contributed by atoms with Crippen molar-refractivity contribution in [1.82, 2.24) is 25.2 Å². The Labute approximate surface area is 118 Å². The molecule has 2 heterocycles. The summed E-state index contributed by atoms with van der Waals surface area (Å²) in [4.78, 5) is 14.0. The van der Waals surface area contributed by atoms with E-state index >= 15 is 0 Å². The van der Waals surface area contributed by atoms with Gasteiger partial charge in [0.05, 0.1) is 25.1 Å². The van der Waals surface area contributed by atoms with Gasteiger partial charge in [-0.05, 0) is 13.0 Å². The predicted molar refractivity (Wildman–Crippen MR) is 72.8 cm³/mol. The van der Waals surface area contributed by atoms with Gasteiger partial charge in [0.1, 0.15) is 6.54 Å². The minimum Gasteiger partial charge on any atom is -0.379 e. The van der Waals surface area contributed by atoms with Crippen LogP contribution in [0.1, 0.15) is 12.1 Å². The number of nitrogens with two attached hydrogens (primary N) is 1. The molecule has 0 aliphatic carbocycles. The van der Waals surface area contributed by atoms with Crippen LogP contribution in [0.3, 0.4) is 0 Å². The number of carbonyl (C=O) groups is 1. The molecule has 2 rings (SSSR count). The number of amides is 1. The van der Waals surface area contributed by atoms with Crippen LogP contribution in [0.25, 0.3) is 0 Å². The minimum absolute atomic E-state index is 0.0551. The van der Waals surface area contributed by atoms with Crippen molar-refractivity contribution in [3.63, 3.8) is 0 Å². The molecule has 0 aromatic carbocycles. The number of nitrogens with zero attached hydrogens (tertiary/aromatic N) is 4. The fourth-order valence-corrected chi connectivity index (χ4v) is 2.07. The molecule has 1 fully saturated rings. The summed E-state index contributed by atoms with van der Waals surface area (Å²) in [6.45, 7) is 5.76. The van der Waals surface area contributed by atoms with Gasteiger partial charge < -0.3 is 15.8 Å². The van der Waals surface area contributed by atoms with Crippen LogP contribution in [0.2, 0.25) is 0 Å². The Morgan fingerprint density at radius 3 is 2.95 bits per heavy atom. The lowest BCUT2D eigenvalue weighted by Crippen LogP contribution is -2.38. The zero-order valence-electron chi connectivity index (χ0n) is 11.6. The van der Waals surface area contributed by atoms with E-state index in [0.717, 1.165) is 39.3 Å². The zero-order chi connectivity index (χ0) is 14.2. The van der Waals surface area contributed by atoms with E-state index in [1.807, 2.05) is 0 Å². The Hall–Kier alpha value is -1.51. The Balaban J connectivity index is 1.57. The average molecular weight is 282 g/mol. The summed E-state index contributed by atoms with van der Waals surface area (Å²) in [6, 6.07) is 0. The molecule has 1 aliphatic rings. The molecule has 20 heavy (non-hydrogen) atoms. The second-order valence-corrected chi connectivity index (χ2v) is 4.77. The average Bonchev–Trinajstić information content (AvgIpc) is 2.92. The van der Waals surface area contributed by atoms with Crippen LogP contribution >= 0.6 is 0 Å². The van der Waals surface area contributed by atoms with Gasteiger partial charge >= 0.3 is 0 Å².